The van der Waals surface area contributed by atoms with Gasteiger partial charge in [-0.15, -0.1) is 0 Å². The number of hydrogen-bond acceptors (Lipinski definition) is 4. The number of aliphatic hydroxyl groups excluding tert-OH is 1. The van der Waals surface area contributed by atoms with Crippen LogP contribution in [-0.2, 0) is 9.53 Å². The molecule has 0 aromatic heterocycles. The fourth-order valence-corrected chi connectivity index (χ4v) is 2.79. The number of rotatable bonds is 5. The van der Waals surface area contributed by atoms with E-state index < -0.39 is 6.10 Å². The Labute approximate surface area is 131 Å². The zero-order chi connectivity index (χ0) is 15.9. The number of hydrogen-bond donors (Lipinski definition) is 2. The topological polar surface area (TPSA) is 67.8 Å². The first-order chi connectivity index (χ1) is 10.6. The molecule has 122 valence electrons. The van der Waals surface area contributed by atoms with Crippen LogP contribution in [0.25, 0.3) is 0 Å². The lowest BCUT2D eigenvalue weighted by atomic mass is 10.1. The van der Waals surface area contributed by atoms with Crippen molar-refractivity contribution in [3.05, 3.63) is 24.3 Å². The van der Waals surface area contributed by atoms with Crippen molar-refractivity contribution in [3.8, 4) is 5.75 Å². The Hall–Kier alpha value is -1.59. The molecule has 2 rings (SSSR count). The van der Waals surface area contributed by atoms with E-state index in [9.17, 15) is 9.90 Å². The Morgan fingerprint density at radius 1 is 1.23 bits per heavy atom. The molecule has 5 nitrogen and oxygen atoms in total. The van der Waals surface area contributed by atoms with E-state index in [1.54, 1.807) is 24.3 Å². The van der Waals surface area contributed by atoms with Crippen molar-refractivity contribution in [2.75, 3.05) is 11.9 Å². The van der Waals surface area contributed by atoms with E-state index in [0.717, 1.165) is 31.4 Å². The molecule has 1 aromatic rings. The van der Waals surface area contributed by atoms with Crippen LogP contribution in [-0.4, -0.2) is 35.9 Å². The highest BCUT2D eigenvalue weighted by molar-refractivity contribution is 5.88. The third kappa shape index (κ3) is 4.71. The highest BCUT2D eigenvalue weighted by atomic mass is 16.5. The van der Waals surface area contributed by atoms with Crippen LogP contribution in [0.15, 0.2) is 24.3 Å². The van der Waals surface area contributed by atoms with Gasteiger partial charge in [0.15, 0.2) is 0 Å². The maximum Gasteiger partial charge on any atom is 0.221 e. The monoisotopic (exact) mass is 307 g/mol. The molecule has 22 heavy (non-hydrogen) atoms. The molecule has 0 saturated heterocycles. The van der Waals surface area contributed by atoms with Crippen LogP contribution in [0.4, 0.5) is 5.69 Å². The van der Waals surface area contributed by atoms with Crippen molar-refractivity contribution < 1.29 is 19.4 Å². The Kier molecular flexibility index (Phi) is 6.21. The molecule has 5 heteroatoms. The molecular weight excluding hydrogens is 282 g/mol. The lowest BCUT2D eigenvalue weighted by Gasteiger charge is -2.27. The number of benzene rings is 1. The first-order valence-corrected chi connectivity index (χ1v) is 7.94. The maximum absolute atomic E-state index is 11.0. The fourth-order valence-electron chi connectivity index (χ4n) is 2.79. The van der Waals surface area contributed by atoms with Gasteiger partial charge in [-0.1, -0.05) is 6.42 Å². The van der Waals surface area contributed by atoms with Gasteiger partial charge in [-0.25, -0.2) is 0 Å². The fraction of sp³-hybridized carbons (Fsp3) is 0.588. The van der Waals surface area contributed by atoms with Gasteiger partial charge in [0.25, 0.3) is 0 Å². The van der Waals surface area contributed by atoms with Crippen molar-refractivity contribution in [2.45, 2.75) is 57.8 Å². The van der Waals surface area contributed by atoms with Crippen molar-refractivity contribution >= 4 is 11.6 Å². The molecule has 1 fully saturated rings. The lowest BCUT2D eigenvalue weighted by Crippen LogP contribution is -2.40. The number of carbonyl (C=O) groups excluding carboxylic acids is 1. The largest absolute Gasteiger partial charge is 0.488 e. The molecular formula is C17H25NO4. The second-order valence-electron chi connectivity index (χ2n) is 5.63. The molecule has 3 atom stereocenters. The lowest BCUT2D eigenvalue weighted by molar-refractivity contribution is -0.114. The van der Waals surface area contributed by atoms with Crippen LogP contribution in [0.2, 0.25) is 0 Å². The Morgan fingerprint density at radius 2 is 1.86 bits per heavy atom. The van der Waals surface area contributed by atoms with Gasteiger partial charge in [0.2, 0.25) is 5.91 Å². The normalized spacial score (nSPS) is 25.3. The van der Waals surface area contributed by atoms with Gasteiger partial charge < -0.3 is 19.9 Å². The summed E-state index contributed by atoms with van der Waals surface area (Å²) in [4.78, 5) is 11.0. The summed E-state index contributed by atoms with van der Waals surface area (Å²) in [5.74, 6) is 0.586. The van der Waals surface area contributed by atoms with Gasteiger partial charge in [-0.3, -0.25) is 4.79 Å². The SMILES string of the molecule is CCOC1CCCCC(Oc2ccc(NC(C)=O)cc2)C1O. The summed E-state index contributed by atoms with van der Waals surface area (Å²) in [7, 11) is 0. The molecule has 0 bridgehead atoms. The smallest absolute Gasteiger partial charge is 0.221 e. The number of carbonyl (C=O) groups is 1. The number of nitrogens with one attached hydrogen (secondary N) is 1. The highest BCUT2D eigenvalue weighted by Crippen LogP contribution is 2.26. The van der Waals surface area contributed by atoms with Crippen LogP contribution >= 0.6 is 0 Å². The number of amides is 1. The molecule has 1 aliphatic carbocycles. The van der Waals surface area contributed by atoms with Crippen molar-refractivity contribution in [1.82, 2.24) is 0 Å². The maximum atomic E-state index is 11.0. The third-order valence-electron chi connectivity index (χ3n) is 3.83. The Balaban J connectivity index is 1.99. The van der Waals surface area contributed by atoms with E-state index in [1.165, 1.54) is 6.92 Å². The summed E-state index contributed by atoms with van der Waals surface area (Å²) in [6.45, 7) is 4.01. The van der Waals surface area contributed by atoms with Crippen LogP contribution < -0.4 is 10.1 Å². The predicted molar refractivity (Wildman–Crippen MR) is 85.1 cm³/mol. The average molecular weight is 307 g/mol. The molecule has 1 aliphatic rings. The standard InChI is InChI=1S/C17H25NO4/c1-3-21-15-6-4-5-7-16(17(15)20)22-14-10-8-13(9-11-14)18-12(2)19/h8-11,15-17,20H,3-7H2,1-2H3,(H,18,19). The van der Waals surface area contributed by atoms with Gasteiger partial charge in [0.05, 0.1) is 6.10 Å². The summed E-state index contributed by atoms with van der Waals surface area (Å²) in [5, 5.41) is 13.2. The van der Waals surface area contributed by atoms with Gasteiger partial charge in [0.1, 0.15) is 18.0 Å². The van der Waals surface area contributed by atoms with E-state index in [4.69, 9.17) is 9.47 Å². The summed E-state index contributed by atoms with van der Waals surface area (Å²) >= 11 is 0. The number of aliphatic hydroxyl groups is 1. The first-order valence-electron chi connectivity index (χ1n) is 7.94. The molecule has 1 amide bonds. The molecule has 0 radical (unpaired) electrons. The van der Waals surface area contributed by atoms with Crippen molar-refractivity contribution in [3.63, 3.8) is 0 Å². The predicted octanol–water partition coefficient (Wildman–Crippen LogP) is 2.73. The zero-order valence-electron chi connectivity index (χ0n) is 13.2. The van der Waals surface area contributed by atoms with Gasteiger partial charge in [0, 0.05) is 19.2 Å². The molecule has 0 aliphatic heterocycles. The summed E-state index contributed by atoms with van der Waals surface area (Å²) in [6, 6.07) is 7.19. The minimum absolute atomic E-state index is 0.104. The van der Waals surface area contributed by atoms with Crippen LogP contribution in [0.1, 0.15) is 39.5 Å². The van der Waals surface area contributed by atoms with Gasteiger partial charge in [-0.2, -0.15) is 0 Å². The third-order valence-corrected chi connectivity index (χ3v) is 3.83. The van der Waals surface area contributed by atoms with Crippen molar-refractivity contribution in [2.24, 2.45) is 0 Å². The van der Waals surface area contributed by atoms with E-state index in [2.05, 4.69) is 5.32 Å². The summed E-state index contributed by atoms with van der Waals surface area (Å²) < 4.78 is 11.6. The molecule has 0 heterocycles. The molecule has 2 N–H and O–H groups in total. The second kappa shape index (κ2) is 8.15. The molecule has 0 spiro atoms. The van der Waals surface area contributed by atoms with Crippen LogP contribution in [0.3, 0.4) is 0 Å². The highest BCUT2D eigenvalue weighted by Gasteiger charge is 2.32. The molecule has 3 unspecified atom stereocenters. The quantitative estimate of drug-likeness (QED) is 0.821. The van der Waals surface area contributed by atoms with E-state index in [-0.39, 0.29) is 18.1 Å². The average Bonchev–Trinajstić information content (AvgIpc) is 2.65. The summed E-state index contributed by atoms with van der Waals surface area (Å²) in [5.41, 5.74) is 0.730. The second-order valence-corrected chi connectivity index (χ2v) is 5.63. The minimum Gasteiger partial charge on any atom is -0.488 e. The molecule has 1 saturated carbocycles. The van der Waals surface area contributed by atoms with E-state index in [1.807, 2.05) is 6.92 Å². The summed E-state index contributed by atoms with van der Waals surface area (Å²) in [6.07, 6.45) is 2.73. The Morgan fingerprint density at radius 3 is 2.45 bits per heavy atom. The molecule has 1 aromatic carbocycles. The zero-order valence-corrected chi connectivity index (χ0v) is 13.2. The number of ether oxygens (including phenoxy) is 2. The first kappa shape index (κ1) is 16.8. The van der Waals surface area contributed by atoms with Crippen LogP contribution in [0, 0.1) is 0 Å². The van der Waals surface area contributed by atoms with E-state index in [0.29, 0.717) is 12.4 Å². The van der Waals surface area contributed by atoms with Gasteiger partial charge in [-0.05, 0) is 50.5 Å². The minimum atomic E-state index is -0.613. The number of anilines is 1. The Bertz CT molecular complexity index is 474. The van der Waals surface area contributed by atoms with Crippen molar-refractivity contribution in [1.29, 1.82) is 0 Å². The van der Waals surface area contributed by atoms with Gasteiger partial charge >= 0.3 is 0 Å². The van der Waals surface area contributed by atoms with E-state index >= 15 is 0 Å². The van der Waals surface area contributed by atoms with Crippen LogP contribution in [0.5, 0.6) is 5.75 Å².